The van der Waals surface area contributed by atoms with Gasteiger partial charge in [0.2, 0.25) is 0 Å². The molecule has 0 aromatic carbocycles. The summed E-state index contributed by atoms with van der Waals surface area (Å²) < 4.78 is 5.45. The van der Waals surface area contributed by atoms with Crippen LogP contribution in [0, 0.1) is 10.8 Å². The predicted octanol–water partition coefficient (Wildman–Crippen LogP) is 0.701. The molecule has 2 aliphatic rings. The zero-order valence-electron chi connectivity index (χ0n) is 11.1. The molecule has 2 atom stereocenters. The first kappa shape index (κ1) is 12.4. The van der Waals surface area contributed by atoms with E-state index in [1.807, 2.05) is 20.8 Å². The average Bonchev–Trinajstić information content (AvgIpc) is 2.47. The molecular formula is C12H20N2O3. The lowest BCUT2D eigenvalue weighted by Gasteiger charge is -2.35. The van der Waals surface area contributed by atoms with Gasteiger partial charge in [-0.15, -0.1) is 0 Å². The van der Waals surface area contributed by atoms with E-state index >= 15 is 0 Å². The lowest BCUT2D eigenvalue weighted by Crippen LogP contribution is -2.56. The third kappa shape index (κ3) is 1.23. The number of esters is 1. The largest absolute Gasteiger partial charge is 0.448 e. The molecule has 0 aromatic heterocycles. The van der Waals surface area contributed by atoms with Gasteiger partial charge in [-0.3, -0.25) is 15.0 Å². The molecule has 2 bridgehead atoms. The summed E-state index contributed by atoms with van der Waals surface area (Å²) in [5.41, 5.74) is 0.683. The van der Waals surface area contributed by atoms with Crippen molar-refractivity contribution in [1.29, 1.82) is 0 Å². The summed E-state index contributed by atoms with van der Waals surface area (Å²) in [5.74, 6) is -0.468. The fourth-order valence-corrected chi connectivity index (χ4v) is 3.04. The molecule has 96 valence electrons. The van der Waals surface area contributed by atoms with E-state index in [1.165, 1.54) is 0 Å². The molecule has 17 heavy (non-hydrogen) atoms. The van der Waals surface area contributed by atoms with E-state index in [0.717, 1.165) is 0 Å². The van der Waals surface area contributed by atoms with Gasteiger partial charge in [0, 0.05) is 19.5 Å². The van der Waals surface area contributed by atoms with Gasteiger partial charge in [0.05, 0.1) is 5.41 Å². The molecule has 0 radical (unpaired) electrons. The van der Waals surface area contributed by atoms with Crippen LogP contribution >= 0.6 is 0 Å². The molecule has 5 nitrogen and oxygen atoms in total. The van der Waals surface area contributed by atoms with Crippen molar-refractivity contribution in [1.82, 2.24) is 10.4 Å². The van der Waals surface area contributed by atoms with Crippen LogP contribution in [0.2, 0.25) is 0 Å². The molecule has 2 rings (SSSR count). The number of nitrogens with one attached hydrogen (secondary N) is 1. The number of amides is 1. The summed E-state index contributed by atoms with van der Waals surface area (Å²) in [7, 11) is 3.49. The van der Waals surface area contributed by atoms with Crippen molar-refractivity contribution < 1.29 is 14.3 Å². The van der Waals surface area contributed by atoms with E-state index in [1.54, 1.807) is 19.1 Å². The number of ether oxygens (including phenoxy) is 1. The summed E-state index contributed by atoms with van der Waals surface area (Å²) in [5, 5.41) is 1.58. The van der Waals surface area contributed by atoms with Gasteiger partial charge in [0.25, 0.3) is 5.91 Å². The van der Waals surface area contributed by atoms with E-state index in [-0.39, 0.29) is 11.9 Å². The van der Waals surface area contributed by atoms with Gasteiger partial charge >= 0.3 is 5.97 Å². The van der Waals surface area contributed by atoms with Crippen LogP contribution in [0.25, 0.3) is 0 Å². The maximum atomic E-state index is 12.3. The Morgan fingerprint density at radius 2 is 1.88 bits per heavy atom. The zero-order valence-corrected chi connectivity index (χ0v) is 11.1. The second kappa shape index (κ2) is 3.22. The van der Waals surface area contributed by atoms with Crippen LogP contribution in [0.5, 0.6) is 0 Å². The fraction of sp³-hybridized carbons (Fsp3) is 0.833. The summed E-state index contributed by atoms with van der Waals surface area (Å²) in [4.78, 5) is 24.3. The third-order valence-electron chi connectivity index (χ3n) is 4.78. The van der Waals surface area contributed by atoms with Crippen LogP contribution in [0.1, 0.15) is 33.6 Å². The number of carbonyl (C=O) groups is 2. The van der Waals surface area contributed by atoms with Gasteiger partial charge in [0.1, 0.15) is 0 Å². The lowest BCUT2D eigenvalue weighted by atomic mass is 9.66. The molecule has 1 aliphatic carbocycles. The summed E-state index contributed by atoms with van der Waals surface area (Å²) in [6.07, 6.45) is 1.31. The third-order valence-corrected chi connectivity index (χ3v) is 4.78. The average molecular weight is 240 g/mol. The number of hydrogen-bond acceptors (Lipinski definition) is 4. The first-order chi connectivity index (χ1) is 7.67. The molecule has 0 aromatic rings. The molecule has 0 spiro atoms. The SMILES string of the molecule is CN(C)NC(=O)[C@@]12CC[C@](C)(C(=O)O1)C2(C)C. The van der Waals surface area contributed by atoms with Crippen LogP contribution in [0.4, 0.5) is 0 Å². The number of hydrogen-bond donors (Lipinski definition) is 1. The molecule has 2 fully saturated rings. The Hall–Kier alpha value is -1.10. The van der Waals surface area contributed by atoms with Crippen molar-refractivity contribution in [2.75, 3.05) is 14.1 Å². The Kier molecular flexibility index (Phi) is 2.34. The molecule has 1 saturated carbocycles. The smallest absolute Gasteiger partial charge is 0.313 e. The van der Waals surface area contributed by atoms with Crippen molar-refractivity contribution in [3.63, 3.8) is 0 Å². The van der Waals surface area contributed by atoms with Gasteiger partial charge in [-0.05, 0) is 19.8 Å². The van der Waals surface area contributed by atoms with Gasteiger partial charge in [-0.1, -0.05) is 13.8 Å². The number of nitrogens with zero attached hydrogens (tertiary/aromatic N) is 1. The highest BCUT2D eigenvalue weighted by Gasteiger charge is 2.75. The number of fused-ring (bicyclic) bond motifs is 2. The van der Waals surface area contributed by atoms with Gasteiger partial charge in [-0.2, -0.15) is 0 Å². The highest BCUT2D eigenvalue weighted by Crippen LogP contribution is 2.65. The van der Waals surface area contributed by atoms with Gasteiger partial charge in [0.15, 0.2) is 5.60 Å². The number of hydrazine groups is 1. The summed E-state index contributed by atoms with van der Waals surface area (Å²) in [6.45, 7) is 5.79. The summed E-state index contributed by atoms with van der Waals surface area (Å²) >= 11 is 0. The van der Waals surface area contributed by atoms with Crippen LogP contribution in [-0.2, 0) is 14.3 Å². The van der Waals surface area contributed by atoms with Crippen LogP contribution in [-0.4, -0.2) is 36.6 Å². The minimum Gasteiger partial charge on any atom is -0.448 e. The molecule has 1 heterocycles. The minimum atomic E-state index is -1.01. The van der Waals surface area contributed by atoms with E-state index < -0.39 is 16.4 Å². The standard InChI is InChI=1S/C12H20N2O3/c1-10(2)11(3)6-7-12(10,17-9(11)16)8(15)13-14(4)5/h6-7H2,1-5H3,(H,13,15)/t11-,12-/m1/s1. The van der Waals surface area contributed by atoms with Gasteiger partial charge < -0.3 is 4.74 Å². The maximum absolute atomic E-state index is 12.3. The Morgan fingerprint density at radius 3 is 2.24 bits per heavy atom. The van der Waals surface area contributed by atoms with E-state index in [9.17, 15) is 9.59 Å². The normalized spacial score (nSPS) is 38.4. The zero-order chi connectivity index (χ0) is 13.1. The molecule has 1 N–H and O–H groups in total. The fourth-order valence-electron chi connectivity index (χ4n) is 3.04. The molecule has 5 heteroatoms. The highest BCUT2D eigenvalue weighted by molar-refractivity contribution is 5.95. The maximum Gasteiger partial charge on any atom is 0.313 e. The van der Waals surface area contributed by atoms with E-state index in [4.69, 9.17) is 4.74 Å². The Morgan fingerprint density at radius 1 is 1.29 bits per heavy atom. The van der Waals surface area contributed by atoms with Gasteiger partial charge in [-0.25, -0.2) is 5.01 Å². The van der Waals surface area contributed by atoms with E-state index in [0.29, 0.717) is 12.8 Å². The van der Waals surface area contributed by atoms with E-state index in [2.05, 4.69) is 5.43 Å². The van der Waals surface area contributed by atoms with Crippen molar-refractivity contribution in [2.24, 2.45) is 10.8 Å². The molecule has 0 unspecified atom stereocenters. The Balaban J connectivity index is 2.40. The highest BCUT2D eigenvalue weighted by atomic mass is 16.6. The number of rotatable bonds is 2. The monoisotopic (exact) mass is 240 g/mol. The quantitative estimate of drug-likeness (QED) is 0.570. The topological polar surface area (TPSA) is 58.6 Å². The molecule has 1 saturated heterocycles. The number of carbonyl (C=O) groups excluding carboxylic acids is 2. The molecule has 1 aliphatic heterocycles. The van der Waals surface area contributed by atoms with Crippen molar-refractivity contribution in [3.05, 3.63) is 0 Å². The van der Waals surface area contributed by atoms with Crippen LogP contribution < -0.4 is 5.43 Å². The second-order valence-electron chi connectivity index (χ2n) is 6.01. The second-order valence-corrected chi connectivity index (χ2v) is 6.01. The van der Waals surface area contributed by atoms with Crippen molar-refractivity contribution in [2.45, 2.75) is 39.2 Å². The Bertz CT molecular complexity index is 391. The van der Waals surface area contributed by atoms with Crippen LogP contribution in [0.3, 0.4) is 0 Å². The molecule has 1 amide bonds. The van der Waals surface area contributed by atoms with Crippen molar-refractivity contribution >= 4 is 11.9 Å². The van der Waals surface area contributed by atoms with Crippen LogP contribution in [0.15, 0.2) is 0 Å². The minimum absolute atomic E-state index is 0.220. The van der Waals surface area contributed by atoms with Crippen molar-refractivity contribution in [3.8, 4) is 0 Å². The molecular weight excluding hydrogens is 220 g/mol. The Labute approximate surface area is 101 Å². The first-order valence-corrected chi connectivity index (χ1v) is 5.89. The predicted molar refractivity (Wildman–Crippen MR) is 61.8 cm³/mol. The summed E-state index contributed by atoms with van der Waals surface area (Å²) in [6, 6.07) is 0. The lowest BCUT2D eigenvalue weighted by molar-refractivity contribution is -0.170. The first-order valence-electron chi connectivity index (χ1n) is 5.89.